The molecule has 1 saturated heterocycles. The number of amides is 2. The minimum Gasteiger partial charge on any atom is -0.497 e. The Morgan fingerprint density at radius 2 is 1.62 bits per heavy atom. The summed E-state index contributed by atoms with van der Waals surface area (Å²) in [6.45, 7) is 1.77. The van der Waals surface area contributed by atoms with Crippen LogP contribution in [0.4, 0.5) is 37.7 Å². The van der Waals surface area contributed by atoms with Crippen molar-refractivity contribution in [1.29, 1.82) is 0 Å². The number of aromatic nitrogens is 2. The van der Waals surface area contributed by atoms with Crippen molar-refractivity contribution in [3.05, 3.63) is 66.0 Å². The maximum Gasteiger partial charge on any atom is 0.435 e. The number of ether oxygens (including phenoxy) is 2. The molecule has 3 aromatic rings. The summed E-state index contributed by atoms with van der Waals surface area (Å²) in [5.41, 5.74) is -2.43. The number of rotatable bonds is 12. The van der Waals surface area contributed by atoms with Crippen molar-refractivity contribution < 1.29 is 45.4 Å². The van der Waals surface area contributed by atoms with Crippen molar-refractivity contribution >= 4 is 40.5 Å². The zero-order chi connectivity index (χ0) is 32.9. The fourth-order valence-electron chi connectivity index (χ4n) is 4.64. The number of aryl methyl sites for hydroxylation is 1. The topological polar surface area (TPSA) is 88.9 Å². The lowest BCUT2D eigenvalue weighted by Gasteiger charge is -2.24. The molecule has 16 heteroatoms. The number of methoxy groups -OCH3 is 1. The number of nitrogens with zero attached hydrogens (tertiary/aromatic N) is 4. The van der Waals surface area contributed by atoms with Crippen LogP contribution in [0.3, 0.4) is 0 Å². The Morgan fingerprint density at radius 1 is 0.978 bits per heavy atom. The molecule has 0 bridgehead atoms. The molecule has 1 atom stereocenters. The van der Waals surface area contributed by atoms with Crippen molar-refractivity contribution in [2.24, 2.45) is 0 Å². The van der Waals surface area contributed by atoms with Crippen LogP contribution < -0.4 is 19.7 Å². The number of anilines is 2. The van der Waals surface area contributed by atoms with Gasteiger partial charge in [0.05, 0.1) is 25.8 Å². The molecule has 1 aliphatic rings. The van der Waals surface area contributed by atoms with E-state index < -0.39 is 48.1 Å². The van der Waals surface area contributed by atoms with Gasteiger partial charge in [-0.05, 0) is 73.6 Å². The van der Waals surface area contributed by atoms with Gasteiger partial charge in [0, 0.05) is 24.8 Å². The number of hydrogen-bond donors (Lipinski definition) is 1. The number of alkyl halides is 6. The van der Waals surface area contributed by atoms with E-state index in [4.69, 9.17) is 21.7 Å². The van der Waals surface area contributed by atoms with Crippen LogP contribution in [-0.4, -0.2) is 57.9 Å². The van der Waals surface area contributed by atoms with Gasteiger partial charge in [-0.3, -0.25) is 19.2 Å². The third kappa shape index (κ3) is 8.04. The van der Waals surface area contributed by atoms with Gasteiger partial charge in [-0.1, -0.05) is 6.92 Å². The first kappa shape index (κ1) is 33.6. The molecule has 45 heavy (non-hydrogen) atoms. The summed E-state index contributed by atoms with van der Waals surface area (Å²) in [6.07, 6.45) is -9.88. The molecule has 1 aliphatic heterocycles. The average molecular weight is 658 g/mol. The maximum atomic E-state index is 13.6. The van der Waals surface area contributed by atoms with E-state index >= 15 is 0 Å². The zero-order valence-corrected chi connectivity index (χ0v) is 24.9. The second kappa shape index (κ2) is 13.7. The molecule has 0 saturated carbocycles. The van der Waals surface area contributed by atoms with Gasteiger partial charge in [0.15, 0.2) is 10.8 Å². The van der Waals surface area contributed by atoms with Crippen molar-refractivity contribution in [1.82, 2.24) is 14.7 Å². The van der Waals surface area contributed by atoms with Crippen molar-refractivity contribution in [3.8, 4) is 11.5 Å². The van der Waals surface area contributed by atoms with E-state index in [-0.39, 0.29) is 35.2 Å². The number of carbonyl (C=O) groups excluding carboxylic acids is 2. The van der Waals surface area contributed by atoms with Gasteiger partial charge in [-0.25, -0.2) is 0 Å². The van der Waals surface area contributed by atoms with Gasteiger partial charge in [0.1, 0.15) is 23.2 Å². The van der Waals surface area contributed by atoms with Crippen LogP contribution in [0.1, 0.15) is 37.6 Å². The van der Waals surface area contributed by atoms with Crippen LogP contribution in [0.25, 0.3) is 0 Å². The molecular weight excluding hydrogens is 628 g/mol. The summed E-state index contributed by atoms with van der Waals surface area (Å²) in [6, 6.07) is 11.7. The van der Waals surface area contributed by atoms with E-state index in [0.717, 1.165) is 6.42 Å². The van der Waals surface area contributed by atoms with Gasteiger partial charge >= 0.3 is 12.4 Å². The molecule has 2 aromatic carbocycles. The lowest BCUT2D eigenvalue weighted by molar-refractivity contribution is -0.144. The molecule has 0 unspecified atom stereocenters. The monoisotopic (exact) mass is 657 g/mol. The number of hydrogen-bond acceptors (Lipinski definition) is 6. The highest BCUT2D eigenvalue weighted by Crippen LogP contribution is 2.35. The van der Waals surface area contributed by atoms with Crippen molar-refractivity contribution in [3.63, 3.8) is 0 Å². The number of nitrogens with one attached hydrogen (secondary N) is 1. The van der Waals surface area contributed by atoms with Crippen LogP contribution in [0.2, 0.25) is 0 Å². The molecule has 1 aromatic heterocycles. The second-order valence-corrected chi connectivity index (χ2v) is 10.3. The molecule has 2 heterocycles. The molecule has 0 spiro atoms. The Bertz CT molecular complexity index is 1510. The highest BCUT2D eigenvalue weighted by Gasteiger charge is 2.45. The number of halogens is 6. The Hall–Kier alpha value is -4.34. The lowest BCUT2D eigenvalue weighted by Crippen LogP contribution is -2.39. The predicted octanol–water partition coefficient (Wildman–Crippen LogP) is 6.14. The molecule has 0 aliphatic carbocycles. The average Bonchev–Trinajstić information content (AvgIpc) is 3.53. The van der Waals surface area contributed by atoms with Crippen LogP contribution in [0.15, 0.2) is 54.6 Å². The maximum absolute atomic E-state index is 13.6. The summed E-state index contributed by atoms with van der Waals surface area (Å²) < 4.78 is 90.7. The zero-order valence-electron chi connectivity index (χ0n) is 24.1. The standard InChI is InChI=1S/C29H29F6N5O4S/c1-3-15-44-21-9-5-18(6-10-21)36-25(41)16-22-26(42)40(19-7-11-20(43-2)12-8-19)27(45)38(22)13-4-14-39-24(29(33,34)35)17-23(37-39)28(30,31)32/h5-12,17,22H,3-4,13-16H2,1-2H3,(H,36,41)/t22-/m0/s1. The summed E-state index contributed by atoms with van der Waals surface area (Å²) in [7, 11) is 1.46. The summed E-state index contributed by atoms with van der Waals surface area (Å²) in [5, 5.41) is 5.80. The van der Waals surface area contributed by atoms with Crippen LogP contribution in [0.5, 0.6) is 11.5 Å². The third-order valence-electron chi connectivity index (χ3n) is 6.77. The highest BCUT2D eigenvalue weighted by molar-refractivity contribution is 7.80. The van der Waals surface area contributed by atoms with Gasteiger partial charge < -0.3 is 19.7 Å². The molecule has 242 valence electrons. The molecule has 1 fully saturated rings. The molecule has 0 radical (unpaired) electrons. The second-order valence-electron chi connectivity index (χ2n) is 9.98. The molecular formula is C29H29F6N5O4S. The number of benzene rings is 2. The van der Waals surface area contributed by atoms with Gasteiger partial charge in [-0.2, -0.15) is 31.4 Å². The smallest absolute Gasteiger partial charge is 0.435 e. The molecule has 2 amide bonds. The Labute approximate surface area is 259 Å². The first-order valence-corrected chi connectivity index (χ1v) is 14.2. The predicted molar refractivity (Wildman–Crippen MR) is 156 cm³/mol. The molecule has 4 rings (SSSR count). The van der Waals surface area contributed by atoms with E-state index in [2.05, 4.69) is 10.4 Å². The van der Waals surface area contributed by atoms with Gasteiger partial charge in [0.2, 0.25) is 5.91 Å². The first-order valence-electron chi connectivity index (χ1n) is 13.8. The van der Waals surface area contributed by atoms with Crippen LogP contribution in [0, 0.1) is 0 Å². The van der Waals surface area contributed by atoms with Crippen LogP contribution >= 0.6 is 12.2 Å². The first-order chi connectivity index (χ1) is 21.2. The highest BCUT2D eigenvalue weighted by atomic mass is 32.1. The number of carbonyl (C=O) groups is 2. The quantitative estimate of drug-likeness (QED) is 0.185. The largest absolute Gasteiger partial charge is 0.497 e. The van der Waals surface area contributed by atoms with Gasteiger partial charge in [0.25, 0.3) is 5.91 Å². The SMILES string of the molecule is CCCOc1ccc(NC(=O)C[C@H]2C(=O)N(c3ccc(OC)cc3)C(=S)N2CCCn2nc(C(F)(F)F)cc2C(F)(F)F)cc1. The minimum atomic E-state index is -5.08. The van der Waals surface area contributed by atoms with E-state index in [9.17, 15) is 35.9 Å². The van der Waals surface area contributed by atoms with Crippen molar-refractivity contribution in [2.45, 2.75) is 51.1 Å². The number of thiocarbonyl (C=S) groups is 1. The fraction of sp³-hybridized carbons (Fsp3) is 0.379. The lowest BCUT2D eigenvalue weighted by atomic mass is 10.1. The minimum absolute atomic E-state index is 0.0205. The Morgan fingerprint density at radius 3 is 2.20 bits per heavy atom. The van der Waals surface area contributed by atoms with Crippen LogP contribution in [-0.2, 0) is 28.5 Å². The van der Waals surface area contributed by atoms with E-state index in [1.54, 1.807) is 48.5 Å². The Balaban J connectivity index is 1.53. The van der Waals surface area contributed by atoms with Gasteiger partial charge in [-0.15, -0.1) is 0 Å². The molecule has 1 N–H and O–H groups in total. The third-order valence-corrected chi connectivity index (χ3v) is 7.19. The van der Waals surface area contributed by atoms with E-state index in [1.165, 1.54) is 16.9 Å². The van der Waals surface area contributed by atoms with E-state index in [0.29, 0.717) is 29.5 Å². The molecule has 9 nitrogen and oxygen atoms in total. The fourth-order valence-corrected chi connectivity index (χ4v) is 5.06. The summed E-state index contributed by atoms with van der Waals surface area (Å²) in [5.74, 6) is 0.0214. The van der Waals surface area contributed by atoms with E-state index in [1.807, 2.05) is 6.92 Å². The van der Waals surface area contributed by atoms with Crippen molar-refractivity contribution in [2.75, 3.05) is 30.5 Å². The summed E-state index contributed by atoms with van der Waals surface area (Å²) >= 11 is 5.56. The summed E-state index contributed by atoms with van der Waals surface area (Å²) in [4.78, 5) is 29.3. The normalized spacial score (nSPS) is 15.5. The Kier molecular flexibility index (Phi) is 10.3.